The number of thiophene rings is 1. The van der Waals surface area contributed by atoms with E-state index in [-0.39, 0.29) is 11.7 Å². The fraction of sp³-hybridized carbons (Fsp3) is 0.0588. The largest absolute Gasteiger partial charge is 0.304 e. The Labute approximate surface area is 147 Å². The van der Waals surface area contributed by atoms with Crippen LogP contribution >= 0.6 is 23.1 Å². The van der Waals surface area contributed by atoms with E-state index in [4.69, 9.17) is 0 Å². The summed E-state index contributed by atoms with van der Waals surface area (Å²) >= 11 is 2.68. The number of Topliss-reactive ketones (excluding diaryl/α,β-unsaturated/α-hetero) is 1. The number of ketones is 1. The van der Waals surface area contributed by atoms with Crippen LogP contribution in [0.3, 0.4) is 0 Å². The molecule has 0 atom stereocenters. The molecule has 0 spiro atoms. The van der Waals surface area contributed by atoms with E-state index in [9.17, 15) is 9.59 Å². The van der Waals surface area contributed by atoms with Gasteiger partial charge in [0.2, 0.25) is 0 Å². The van der Waals surface area contributed by atoms with Gasteiger partial charge in [0, 0.05) is 5.56 Å². The molecule has 3 aromatic rings. The van der Waals surface area contributed by atoms with Gasteiger partial charge in [0.25, 0.3) is 5.91 Å². The van der Waals surface area contributed by atoms with Crippen molar-refractivity contribution in [2.24, 2.45) is 0 Å². The standard InChI is InChI=1S/C17H13N3O2S2/c21-13(12-5-2-1-3-6-12)11-24-16-9-8-15(19-20-16)18-17(22)14-7-4-10-23-14/h1-10H,11H2,(H,18,19,22). The van der Waals surface area contributed by atoms with E-state index < -0.39 is 0 Å². The first-order valence-corrected chi connectivity index (χ1v) is 8.98. The molecule has 1 N–H and O–H groups in total. The molecule has 0 unspecified atom stereocenters. The van der Waals surface area contributed by atoms with Crippen molar-refractivity contribution < 1.29 is 9.59 Å². The summed E-state index contributed by atoms with van der Waals surface area (Å²) in [6.07, 6.45) is 0. The second kappa shape index (κ2) is 7.85. The Balaban J connectivity index is 1.55. The Morgan fingerprint density at radius 2 is 1.83 bits per heavy atom. The third-order valence-corrected chi connectivity index (χ3v) is 4.86. The second-order valence-corrected chi connectivity index (χ2v) is 6.71. The van der Waals surface area contributed by atoms with Crippen LogP contribution in [-0.2, 0) is 0 Å². The van der Waals surface area contributed by atoms with Gasteiger partial charge in [-0.15, -0.1) is 21.5 Å². The number of hydrogen-bond donors (Lipinski definition) is 1. The molecule has 1 amide bonds. The first-order valence-electron chi connectivity index (χ1n) is 7.12. The lowest BCUT2D eigenvalue weighted by Crippen LogP contribution is -2.11. The predicted molar refractivity (Wildman–Crippen MR) is 95.8 cm³/mol. The quantitative estimate of drug-likeness (QED) is 0.538. The molecule has 120 valence electrons. The van der Waals surface area contributed by atoms with Crippen molar-refractivity contribution in [1.29, 1.82) is 0 Å². The summed E-state index contributed by atoms with van der Waals surface area (Å²) in [5, 5.41) is 13.2. The molecule has 3 rings (SSSR count). The number of rotatable bonds is 6. The van der Waals surface area contributed by atoms with Crippen LogP contribution in [0.5, 0.6) is 0 Å². The molecule has 2 aromatic heterocycles. The number of thioether (sulfide) groups is 1. The lowest BCUT2D eigenvalue weighted by molar-refractivity contribution is 0.101. The monoisotopic (exact) mass is 355 g/mol. The number of carbonyl (C=O) groups is 2. The van der Waals surface area contributed by atoms with E-state index in [0.717, 1.165) is 0 Å². The van der Waals surface area contributed by atoms with Crippen LogP contribution in [-0.4, -0.2) is 27.6 Å². The number of benzene rings is 1. The lowest BCUT2D eigenvalue weighted by atomic mass is 10.2. The summed E-state index contributed by atoms with van der Waals surface area (Å²) in [4.78, 5) is 24.6. The number of hydrogen-bond acceptors (Lipinski definition) is 6. The molecule has 0 fully saturated rings. The van der Waals surface area contributed by atoms with Gasteiger partial charge in [0.15, 0.2) is 11.6 Å². The summed E-state index contributed by atoms with van der Waals surface area (Å²) in [6.45, 7) is 0. The van der Waals surface area contributed by atoms with Crippen LogP contribution in [0.4, 0.5) is 5.82 Å². The van der Waals surface area contributed by atoms with Crippen LogP contribution in [0, 0.1) is 0 Å². The van der Waals surface area contributed by atoms with Gasteiger partial charge in [-0.05, 0) is 23.6 Å². The highest BCUT2D eigenvalue weighted by atomic mass is 32.2. The van der Waals surface area contributed by atoms with Crippen LogP contribution in [0.15, 0.2) is 65.0 Å². The Hall–Kier alpha value is -2.51. The number of nitrogens with zero attached hydrogens (tertiary/aromatic N) is 2. The smallest absolute Gasteiger partial charge is 0.266 e. The second-order valence-electron chi connectivity index (χ2n) is 4.77. The van der Waals surface area contributed by atoms with Gasteiger partial charge in [0.1, 0.15) is 5.03 Å². The van der Waals surface area contributed by atoms with Crippen molar-refractivity contribution in [2.45, 2.75) is 5.03 Å². The van der Waals surface area contributed by atoms with Gasteiger partial charge in [-0.2, -0.15) is 0 Å². The van der Waals surface area contributed by atoms with Crippen molar-refractivity contribution in [3.8, 4) is 0 Å². The molecule has 0 saturated carbocycles. The topological polar surface area (TPSA) is 72.0 Å². The SMILES string of the molecule is O=C(CSc1ccc(NC(=O)c2cccs2)nn1)c1ccccc1. The minimum Gasteiger partial charge on any atom is -0.304 e. The summed E-state index contributed by atoms with van der Waals surface area (Å²) in [6, 6.07) is 16.1. The molecule has 0 aliphatic rings. The average Bonchev–Trinajstić information content (AvgIpc) is 3.16. The number of anilines is 1. The normalized spacial score (nSPS) is 10.3. The zero-order valence-electron chi connectivity index (χ0n) is 12.5. The van der Waals surface area contributed by atoms with Gasteiger partial charge >= 0.3 is 0 Å². The van der Waals surface area contributed by atoms with Crippen molar-refractivity contribution in [1.82, 2.24) is 10.2 Å². The molecule has 0 saturated heterocycles. The summed E-state index contributed by atoms with van der Waals surface area (Å²) in [5.74, 6) is 0.503. The third kappa shape index (κ3) is 4.27. The summed E-state index contributed by atoms with van der Waals surface area (Å²) in [5.41, 5.74) is 0.679. The molecule has 0 aliphatic heterocycles. The Kier molecular flexibility index (Phi) is 5.35. The van der Waals surface area contributed by atoms with E-state index >= 15 is 0 Å². The number of amides is 1. The van der Waals surface area contributed by atoms with Crippen molar-refractivity contribution in [3.63, 3.8) is 0 Å². The van der Waals surface area contributed by atoms with Gasteiger partial charge in [-0.3, -0.25) is 9.59 Å². The lowest BCUT2D eigenvalue weighted by Gasteiger charge is -2.03. The highest BCUT2D eigenvalue weighted by Gasteiger charge is 2.09. The molecule has 1 aromatic carbocycles. The Morgan fingerprint density at radius 3 is 2.50 bits per heavy atom. The highest BCUT2D eigenvalue weighted by molar-refractivity contribution is 7.99. The van der Waals surface area contributed by atoms with Crippen molar-refractivity contribution >= 4 is 40.6 Å². The Bertz CT molecular complexity index is 819. The maximum absolute atomic E-state index is 12.0. The number of nitrogens with one attached hydrogen (secondary N) is 1. The zero-order valence-corrected chi connectivity index (χ0v) is 14.1. The number of carbonyl (C=O) groups excluding carboxylic acids is 2. The maximum atomic E-state index is 12.0. The van der Waals surface area contributed by atoms with Gasteiger partial charge in [-0.1, -0.05) is 48.2 Å². The van der Waals surface area contributed by atoms with Gasteiger partial charge in [-0.25, -0.2) is 0 Å². The van der Waals surface area contributed by atoms with Crippen molar-refractivity contribution in [3.05, 3.63) is 70.4 Å². The molecule has 0 radical (unpaired) electrons. The molecule has 5 nitrogen and oxygen atoms in total. The van der Waals surface area contributed by atoms with Crippen LogP contribution in [0.25, 0.3) is 0 Å². The average molecular weight is 355 g/mol. The van der Waals surface area contributed by atoms with Crippen LogP contribution in [0.1, 0.15) is 20.0 Å². The molecule has 0 aliphatic carbocycles. The minimum absolute atomic E-state index is 0.0393. The zero-order chi connectivity index (χ0) is 16.8. The van der Waals surface area contributed by atoms with E-state index in [0.29, 0.717) is 27.0 Å². The summed E-state index contributed by atoms with van der Waals surface area (Å²) < 4.78 is 0. The van der Waals surface area contributed by atoms with Crippen LogP contribution < -0.4 is 5.32 Å². The Morgan fingerprint density at radius 1 is 1.00 bits per heavy atom. The molecule has 7 heteroatoms. The highest BCUT2D eigenvalue weighted by Crippen LogP contribution is 2.18. The van der Waals surface area contributed by atoms with E-state index in [1.807, 2.05) is 29.6 Å². The fourth-order valence-corrected chi connectivity index (χ4v) is 3.22. The number of aromatic nitrogens is 2. The third-order valence-electron chi connectivity index (χ3n) is 3.07. The van der Waals surface area contributed by atoms with Crippen LogP contribution in [0.2, 0.25) is 0 Å². The molecule has 0 bridgehead atoms. The molecule has 24 heavy (non-hydrogen) atoms. The predicted octanol–water partition coefficient (Wildman–Crippen LogP) is 3.77. The fourth-order valence-electron chi connectivity index (χ4n) is 1.90. The minimum atomic E-state index is -0.209. The van der Waals surface area contributed by atoms with E-state index in [1.165, 1.54) is 23.1 Å². The van der Waals surface area contributed by atoms with Gasteiger partial charge in [0.05, 0.1) is 10.6 Å². The maximum Gasteiger partial charge on any atom is 0.266 e. The first-order chi connectivity index (χ1) is 11.7. The summed E-state index contributed by atoms with van der Waals surface area (Å²) in [7, 11) is 0. The molecular weight excluding hydrogens is 342 g/mol. The molecular formula is C17H13N3O2S2. The van der Waals surface area contributed by atoms with Crippen molar-refractivity contribution in [2.75, 3.05) is 11.1 Å². The first kappa shape index (κ1) is 16.4. The van der Waals surface area contributed by atoms with Gasteiger partial charge < -0.3 is 5.32 Å². The van der Waals surface area contributed by atoms with E-state index in [1.54, 1.807) is 30.3 Å². The van der Waals surface area contributed by atoms with E-state index in [2.05, 4.69) is 15.5 Å². The molecule has 2 heterocycles.